The Labute approximate surface area is 172 Å². The first-order chi connectivity index (χ1) is 13.6. The minimum atomic E-state index is -0.272. The molecular formula is C20H20ClN3O3S. The number of rotatable bonds is 5. The molecule has 0 unspecified atom stereocenters. The van der Waals surface area contributed by atoms with Crippen molar-refractivity contribution >= 4 is 49.9 Å². The van der Waals surface area contributed by atoms with E-state index in [0.717, 1.165) is 28.4 Å². The number of ether oxygens (including phenoxy) is 2. The third-order valence-corrected chi connectivity index (χ3v) is 6.07. The summed E-state index contributed by atoms with van der Waals surface area (Å²) in [7, 11) is 3.01. The molecule has 3 aromatic rings. The smallest absolute Gasteiger partial charge is 0.255 e. The number of nitrogens with zero attached hydrogens (tertiary/aromatic N) is 2. The predicted molar refractivity (Wildman–Crippen MR) is 114 cm³/mol. The second-order valence-electron chi connectivity index (χ2n) is 6.52. The monoisotopic (exact) mass is 417 g/mol. The van der Waals surface area contributed by atoms with Gasteiger partial charge in [-0.1, -0.05) is 22.9 Å². The van der Waals surface area contributed by atoms with Crippen molar-refractivity contribution in [2.75, 3.05) is 37.5 Å². The second-order valence-corrected chi connectivity index (χ2v) is 7.94. The molecule has 0 atom stereocenters. The van der Waals surface area contributed by atoms with Gasteiger partial charge in [0.25, 0.3) is 5.91 Å². The Morgan fingerprint density at radius 1 is 1.18 bits per heavy atom. The van der Waals surface area contributed by atoms with Crippen molar-refractivity contribution in [2.45, 2.75) is 12.8 Å². The lowest BCUT2D eigenvalue weighted by atomic mass is 10.1. The Morgan fingerprint density at radius 2 is 1.96 bits per heavy atom. The van der Waals surface area contributed by atoms with Crippen LogP contribution in [0.5, 0.6) is 11.5 Å². The average Bonchev–Trinajstić information content (AvgIpc) is 3.36. The quantitative estimate of drug-likeness (QED) is 0.644. The summed E-state index contributed by atoms with van der Waals surface area (Å²) in [4.78, 5) is 19.7. The van der Waals surface area contributed by atoms with Crippen LogP contribution in [0.4, 0.5) is 10.8 Å². The van der Waals surface area contributed by atoms with Gasteiger partial charge in [0.15, 0.2) is 16.6 Å². The summed E-state index contributed by atoms with van der Waals surface area (Å²) in [6.07, 6.45) is 2.43. The maximum Gasteiger partial charge on any atom is 0.255 e. The van der Waals surface area contributed by atoms with Crippen molar-refractivity contribution in [1.82, 2.24) is 4.98 Å². The molecule has 2 heterocycles. The summed E-state index contributed by atoms with van der Waals surface area (Å²) < 4.78 is 11.5. The van der Waals surface area contributed by atoms with Crippen LogP contribution in [0.15, 0.2) is 30.3 Å². The van der Waals surface area contributed by atoms with E-state index < -0.39 is 0 Å². The van der Waals surface area contributed by atoms with Gasteiger partial charge in [-0.15, -0.1) is 0 Å². The number of anilines is 2. The predicted octanol–water partition coefficient (Wildman–Crippen LogP) is 4.82. The van der Waals surface area contributed by atoms with Crippen LogP contribution >= 0.6 is 22.9 Å². The maximum absolute atomic E-state index is 12.7. The van der Waals surface area contributed by atoms with Gasteiger partial charge < -0.3 is 19.7 Å². The lowest BCUT2D eigenvalue weighted by Gasteiger charge is -2.12. The number of fused-ring (bicyclic) bond motifs is 1. The highest BCUT2D eigenvalue weighted by Crippen LogP contribution is 2.36. The highest BCUT2D eigenvalue weighted by atomic mass is 35.5. The highest BCUT2D eigenvalue weighted by Gasteiger charge is 2.18. The van der Waals surface area contributed by atoms with Crippen LogP contribution in [0.1, 0.15) is 23.2 Å². The first kappa shape index (κ1) is 18.8. The van der Waals surface area contributed by atoms with Gasteiger partial charge in [-0.2, -0.15) is 0 Å². The molecule has 2 aromatic carbocycles. The van der Waals surface area contributed by atoms with Crippen molar-refractivity contribution in [1.29, 1.82) is 0 Å². The Bertz CT molecular complexity index is 1030. The molecule has 0 radical (unpaired) electrons. The number of methoxy groups -OCH3 is 2. The first-order valence-corrected chi connectivity index (χ1v) is 10.2. The lowest BCUT2D eigenvalue weighted by molar-refractivity contribution is 0.102. The van der Waals surface area contributed by atoms with E-state index in [0.29, 0.717) is 27.8 Å². The number of nitrogens with one attached hydrogen (secondary N) is 1. The fourth-order valence-electron chi connectivity index (χ4n) is 3.29. The molecule has 0 spiro atoms. The van der Waals surface area contributed by atoms with E-state index in [-0.39, 0.29) is 5.91 Å². The number of hydrogen-bond acceptors (Lipinski definition) is 6. The summed E-state index contributed by atoms with van der Waals surface area (Å²) in [6.45, 7) is 2.12. The van der Waals surface area contributed by atoms with Crippen LogP contribution in [-0.4, -0.2) is 38.2 Å². The molecule has 8 heteroatoms. The SMILES string of the molecule is COc1cc(C(=O)Nc2ccc3nc(N4CCCC4)sc3c2)cc(Cl)c1OC. The number of amides is 1. The van der Waals surface area contributed by atoms with Crippen LogP contribution < -0.4 is 19.7 Å². The number of benzene rings is 2. The molecule has 4 rings (SSSR count). The zero-order chi connectivity index (χ0) is 19.7. The van der Waals surface area contributed by atoms with Gasteiger partial charge in [0.2, 0.25) is 0 Å². The number of thiazole rings is 1. The van der Waals surface area contributed by atoms with E-state index in [9.17, 15) is 4.79 Å². The summed E-state index contributed by atoms with van der Waals surface area (Å²) in [5, 5.41) is 4.28. The topological polar surface area (TPSA) is 63.7 Å². The standard InChI is InChI=1S/C20H20ClN3O3S/c1-26-16-10-12(9-14(21)18(16)27-2)19(25)22-13-5-6-15-17(11-13)28-20(23-15)24-7-3-4-8-24/h5-6,9-11H,3-4,7-8H2,1-2H3,(H,22,25). The molecule has 0 bridgehead atoms. The molecule has 1 aliphatic heterocycles. The molecule has 1 N–H and O–H groups in total. The molecule has 1 amide bonds. The summed E-state index contributed by atoms with van der Waals surface area (Å²) in [6, 6.07) is 8.91. The van der Waals surface area contributed by atoms with Crippen LogP contribution in [0.25, 0.3) is 10.2 Å². The average molecular weight is 418 g/mol. The van der Waals surface area contributed by atoms with Crippen molar-refractivity contribution < 1.29 is 14.3 Å². The molecule has 146 valence electrons. The number of hydrogen-bond donors (Lipinski definition) is 1. The molecule has 1 saturated heterocycles. The fraction of sp³-hybridized carbons (Fsp3) is 0.300. The minimum Gasteiger partial charge on any atom is -0.493 e. The lowest BCUT2D eigenvalue weighted by Crippen LogP contribution is -2.16. The third kappa shape index (κ3) is 3.59. The fourth-order valence-corrected chi connectivity index (χ4v) is 4.63. The van der Waals surface area contributed by atoms with Crippen molar-refractivity contribution in [3.8, 4) is 11.5 Å². The van der Waals surface area contributed by atoms with Crippen molar-refractivity contribution in [2.24, 2.45) is 0 Å². The zero-order valence-corrected chi connectivity index (χ0v) is 17.2. The Hall–Kier alpha value is -2.51. The Balaban J connectivity index is 1.57. The molecule has 0 aliphatic carbocycles. The van der Waals surface area contributed by atoms with E-state index in [4.69, 9.17) is 26.1 Å². The van der Waals surface area contributed by atoms with Gasteiger partial charge in [-0.05, 0) is 43.2 Å². The molecule has 1 fully saturated rings. The van der Waals surface area contributed by atoms with E-state index in [2.05, 4.69) is 10.2 Å². The minimum absolute atomic E-state index is 0.272. The highest BCUT2D eigenvalue weighted by molar-refractivity contribution is 7.22. The van der Waals surface area contributed by atoms with Crippen LogP contribution in [0.2, 0.25) is 5.02 Å². The van der Waals surface area contributed by atoms with Gasteiger partial charge in [0.05, 0.1) is 29.5 Å². The first-order valence-electron chi connectivity index (χ1n) is 8.97. The van der Waals surface area contributed by atoms with Crippen LogP contribution in [0, 0.1) is 0 Å². The normalized spacial score (nSPS) is 13.8. The zero-order valence-electron chi connectivity index (χ0n) is 15.6. The summed E-state index contributed by atoms with van der Waals surface area (Å²) in [5.74, 6) is 0.543. The van der Waals surface area contributed by atoms with Gasteiger partial charge in [0, 0.05) is 24.3 Å². The third-order valence-electron chi connectivity index (χ3n) is 4.71. The number of aromatic nitrogens is 1. The van der Waals surface area contributed by atoms with Crippen LogP contribution in [0.3, 0.4) is 0 Å². The molecule has 28 heavy (non-hydrogen) atoms. The van der Waals surface area contributed by atoms with E-state index in [1.54, 1.807) is 23.5 Å². The Morgan fingerprint density at radius 3 is 2.68 bits per heavy atom. The number of carbonyl (C=O) groups is 1. The largest absolute Gasteiger partial charge is 0.493 e. The summed E-state index contributed by atoms with van der Waals surface area (Å²) in [5.41, 5.74) is 2.05. The second kappa shape index (κ2) is 7.85. The van der Waals surface area contributed by atoms with Gasteiger partial charge >= 0.3 is 0 Å². The van der Waals surface area contributed by atoms with Gasteiger partial charge in [-0.3, -0.25) is 4.79 Å². The van der Waals surface area contributed by atoms with Gasteiger partial charge in [0.1, 0.15) is 0 Å². The molecule has 1 aromatic heterocycles. The van der Waals surface area contributed by atoms with E-state index in [1.165, 1.54) is 27.1 Å². The molecule has 0 saturated carbocycles. The van der Waals surface area contributed by atoms with Gasteiger partial charge in [-0.25, -0.2) is 4.98 Å². The van der Waals surface area contributed by atoms with E-state index in [1.807, 2.05) is 18.2 Å². The van der Waals surface area contributed by atoms with Crippen molar-refractivity contribution in [3.05, 3.63) is 40.9 Å². The van der Waals surface area contributed by atoms with Crippen LogP contribution in [-0.2, 0) is 0 Å². The molecule has 1 aliphatic rings. The molecule has 6 nitrogen and oxygen atoms in total. The van der Waals surface area contributed by atoms with Crippen molar-refractivity contribution in [3.63, 3.8) is 0 Å². The number of carbonyl (C=O) groups excluding carboxylic acids is 1. The molecular weight excluding hydrogens is 398 g/mol. The maximum atomic E-state index is 12.7. The summed E-state index contributed by atoms with van der Waals surface area (Å²) >= 11 is 7.86. The Kier molecular flexibility index (Phi) is 5.28. The number of halogens is 1. The van der Waals surface area contributed by atoms with E-state index >= 15 is 0 Å².